The van der Waals surface area contributed by atoms with E-state index in [1.54, 1.807) is 11.5 Å². The predicted molar refractivity (Wildman–Crippen MR) is 53.7 cm³/mol. The zero-order valence-corrected chi connectivity index (χ0v) is 8.06. The summed E-state index contributed by atoms with van der Waals surface area (Å²) in [6.07, 6.45) is 1.94. The number of hydrogen-bond donors (Lipinski definition) is 0. The molecule has 0 amide bonds. The van der Waals surface area contributed by atoms with Crippen molar-refractivity contribution in [3.63, 3.8) is 0 Å². The van der Waals surface area contributed by atoms with E-state index in [2.05, 4.69) is 36.4 Å². The molecule has 1 heterocycles. The number of rotatable bonds is 1. The monoisotopic (exact) mass is 177 g/mol. The van der Waals surface area contributed by atoms with Crippen LogP contribution in [0.4, 0.5) is 0 Å². The summed E-state index contributed by atoms with van der Waals surface area (Å²) in [5, 5.41) is 1.27. The van der Waals surface area contributed by atoms with Gasteiger partial charge in [-0.25, -0.2) is 0 Å². The Morgan fingerprint density at radius 1 is 1.33 bits per heavy atom. The molecule has 0 N–H and O–H groups in total. The Balaban J connectivity index is 2.60. The van der Waals surface area contributed by atoms with Crippen LogP contribution in [0.15, 0.2) is 24.4 Å². The van der Waals surface area contributed by atoms with Gasteiger partial charge in [-0.1, -0.05) is 19.9 Å². The molecule has 62 valence electrons. The molecule has 0 aliphatic heterocycles. The highest BCUT2D eigenvalue weighted by molar-refractivity contribution is 7.13. The Bertz CT molecular complexity index is 389. The van der Waals surface area contributed by atoms with Gasteiger partial charge < -0.3 is 0 Å². The summed E-state index contributed by atoms with van der Waals surface area (Å²) in [5.74, 6) is 0.606. The van der Waals surface area contributed by atoms with Crippen LogP contribution in [0.5, 0.6) is 0 Å². The highest BCUT2D eigenvalue weighted by Crippen LogP contribution is 2.23. The van der Waals surface area contributed by atoms with Crippen molar-refractivity contribution >= 4 is 21.6 Å². The lowest BCUT2D eigenvalue weighted by molar-refractivity contribution is 0.869. The van der Waals surface area contributed by atoms with Gasteiger partial charge in [-0.15, -0.1) is 0 Å². The van der Waals surface area contributed by atoms with Crippen molar-refractivity contribution < 1.29 is 0 Å². The molecule has 2 rings (SSSR count). The molecule has 0 atom stereocenters. The zero-order chi connectivity index (χ0) is 8.55. The fourth-order valence-corrected chi connectivity index (χ4v) is 1.88. The maximum Gasteiger partial charge on any atom is 0.0550 e. The molecule has 0 saturated carbocycles. The number of nitrogens with zero attached hydrogens (tertiary/aromatic N) is 1. The van der Waals surface area contributed by atoms with Crippen LogP contribution >= 0.6 is 11.5 Å². The minimum Gasteiger partial charge on any atom is -0.200 e. The number of hydrogen-bond acceptors (Lipinski definition) is 2. The van der Waals surface area contributed by atoms with Crippen molar-refractivity contribution in [2.45, 2.75) is 19.8 Å². The first-order valence-corrected chi connectivity index (χ1v) is 4.89. The molecule has 0 radical (unpaired) electrons. The molecule has 0 spiro atoms. The van der Waals surface area contributed by atoms with Crippen LogP contribution in [0, 0.1) is 0 Å². The molecule has 1 aromatic carbocycles. The molecule has 0 aliphatic rings. The highest BCUT2D eigenvalue weighted by atomic mass is 32.1. The van der Waals surface area contributed by atoms with Gasteiger partial charge in [0.1, 0.15) is 0 Å². The molecule has 12 heavy (non-hydrogen) atoms. The van der Waals surface area contributed by atoms with Gasteiger partial charge in [-0.2, -0.15) is 4.37 Å². The minimum atomic E-state index is 0.606. The maximum absolute atomic E-state index is 4.14. The summed E-state index contributed by atoms with van der Waals surface area (Å²) in [4.78, 5) is 0. The molecule has 0 aliphatic carbocycles. The molecule has 2 heteroatoms. The third-order valence-electron chi connectivity index (χ3n) is 2.04. The Morgan fingerprint density at radius 2 is 2.17 bits per heavy atom. The van der Waals surface area contributed by atoms with E-state index in [1.165, 1.54) is 15.6 Å². The molecule has 2 aromatic rings. The predicted octanol–water partition coefficient (Wildman–Crippen LogP) is 3.42. The topological polar surface area (TPSA) is 12.9 Å². The van der Waals surface area contributed by atoms with E-state index in [0.717, 1.165) is 0 Å². The second-order valence-corrected chi connectivity index (χ2v) is 4.11. The van der Waals surface area contributed by atoms with Gasteiger partial charge in [0.2, 0.25) is 0 Å². The van der Waals surface area contributed by atoms with E-state index in [0.29, 0.717) is 5.92 Å². The van der Waals surface area contributed by atoms with E-state index in [1.807, 2.05) is 6.20 Å². The Labute approximate surface area is 76.2 Å². The molecular formula is C10H11NS. The normalized spacial score (nSPS) is 11.2. The SMILES string of the molecule is CC(C)c1ccc2sncc2c1. The Kier molecular flexibility index (Phi) is 1.85. The highest BCUT2D eigenvalue weighted by Gasteiger charge is 2.01. The van der Waals surface area contributed by atoms with Crippen molar-refractivity contribution in [1.82, 2.24) is 4.37 Å². The zero-order valence-electron chi connectivity index (χ0n) is 7.24. The standard InChI is InChI=1S/C10H11NS/c1-7(2)8-3-4-10-9(5-8)6-11-12-10/h3-7H,1-2H3. The molecule has 1 aromatic heterocycles. The molecule has 0 unspecified atom stereocenters. The first-order valence-electron chi connectivity index (χ1n) is 4.11. The third kappa shape index (κ3) is 1.23. The lowest BCUT2D eigenvalue weighted by Crippen LogP contribution is -1.84. The Hall–Kier alpha value is -0.890. The van der Waals surface area contributed by atoms with E-state index in [-0.39, 0.29) is 0 Å². The Morgan fingerprint density at radius 3 is 2.92 bits per heavy atom. The molecule has 0 fully saturated rings. The number of benzene rings is 1. The summed E-state index contributed by atoms with van der Waals surface area (Å²) in [6.45, 7) is 4.42. The molecule has 0 bridgehead atoms. The summed E-state index contributed by atoms with van der Waals surface area (Å²) in [7, 11) is 0. The van der Waals surface area contributed by atoms with E-state index in [4.69, 9.17) is 0 Å². The first kappa shape index (κ1) is 7.74. The van der Waals surface area contributed by atoms with E-state index < -0.39 is 0 Å². The number of fused-ring (bicyclic) bond motifs is 1. The van der Waals surface area contributed by atoms with Crippen LogP contribution in [0.2, 0.25) is 0 Å². The van der Waals surface area contributed by atoms with Gasteiger partial charge in [0.15, 0.2) is 0 Å². The lowest BCUT2D eigenvalue weighted by atomic mass is 10.0. The quantitative estimate of drug-likeness (QED) is 0.650. The van der Waals surface area contributed by atoms with Gasteiger partial charge in [0, 0.05) is 11.6 Å². The third-order valence-corrected chi connectivity index (χ3v) is 2.82. The second kappa shape index (κ2) is 2.87. The average Bonchev–Trinajstić information content (AvgIpc) is 2.49. The van der Waals surface area contributed by atoms with Crippen LogP contribution in [-0.4, -0.2) is 4.37 Å². The smallest absolute Gasteiger partial charge is 0.0550 e. The lowest BCUT2D eigenvalue weighted by Gasteiger charge is -2.03. The molecule has 0 saturated heterocycles. The second-order valence-electron chi connectivity index (χ2n) is 3.28. The van der Waals surface area contributed by atoms with Crippen molar-refractivity contribution in [3.05, 3.63) is 30.0 Å². The van der Waals surface area contributed by atoms with Crippen LogP contribution in [0.25, 0.3) is 10.1 Å². The summed E-state index contributed by atoms with van der Waals surface area (Å²) >= 11 is 1.56. The first-order chi connectivity index (χ1) is 5.77. The average molecular weight is 177 g/mol. The van der Waals surface area contributed by atoms with Gasteiger partial charge in [0.25, 0.3) is 0 Å². The van der Waals surface area contributed by atoms with Gasteiger partial charge in [0.05, 0.1) is 4.70 Å². The van der Waals surface area contributed by atoms with E-state index in [9.17, 15) is 0 Å². The van der Waals surface area contributed by atoms with E-state index >= 15 is 0 Å². The maximum atomic E-state index is 4.14. The molecule has 1 nitrogen and oxygen atoms in total. The largest absolute Gasteiger partial charge is 0.200 e. The number of aromatic nitrogens is 1. The van der Waals surface area contributed by atoms with Gasteiger partial charge in [-0.3, -0.25) is 0 Å². The van der Waals surface area contributed by atoms with Crippen LogP contribution in [0.1, 0.15) is 25.3 Å². The van der Waals surface area contributed by atoms with Gasteiger partial charge >= 0.3 is 0 Å². The van der Waals surface area contributed by atoms with Crippen molar-refractivity contribution in [2.75, 3.05) is 0 Å². The summed E-state index contributed by atoms with van der Waals surface area (Å²) in [6, 6.07) is 6.57. The molecular weight excluding hydrogens is 166 g/mol. The van der Waals surface area contributed by atoms with Crippen LogP contribution in [0.3, 0.4) is 0 Å². The fraction of sp³-hybridized carbons (Fsp3) is 0.300. The van der Waals surface area contributed by atoms with Crippen molar-refractivity contribution in [1.29, 1.82) is 0 Å². The van der Waals surface area contributed by atoms with Crippen molar-refractivity contribution in [3.8, 4) is 0 Å². The van der Waals surface area contributed by atoms with Gasteiger partial charge in [-0.05, 0) is 35.1 Å². The van der Waals surface area contributed by atoms with Crippen molar-refractivity contribution in [2.24, 2.45) is 0 Å². The minimum absolute atomic E-state index is 0.606. The summed E-state index contributed by atoms with van der Waals surface area (Å²) < 4.78 is 5.42. The fourth-order valence-electron chi connectivity index (χ4n) is 1.25. The van der Waals surface area contributed by atoms with Crippen LogP contribution < -0.4 is 0 Å². The summed E-state index contributed by atoms with van der Waals surface area (Å²) in [5.41, 5.74) is 1.39. The van der Waals surface area contributed by atoms with Crippen LogP contribution in [-0.2, 0) is 0 Å².